The standard InChI is InChI=1S/C28H36Cl3N3O4S/c1-33(2)27(19-7-4-3-5-8-19)20-10-12-22(13-11-20)32-26(35)18-38-23-9-6-14-34(17-23)39(36,37)28-24(30)15-21(29)16-25(28)31/h3-5,7-8,15-16,20,22-23,27H,6,9-14,17-18H2,1-2H3,(H,32,35). The van der Waals surface area contributed by atoms with Crippen LogP contribution in [0.1, 0.15) is 50.1 Å². The number of hydrogen-bond acceptors (Lipinski definition) is 5. The van der Waals surface area contributed by atoms with Gasteiger partial charge in [-0.25, -0.2) is 8.42 Å². The van der Waals surface area contributed by atoms with Crippen LogP contribution in [0.15, 0.2) is 47.4 Å². The predicted molar refractivity (Wildman–Crippen MR) is 156 cm³/mol. The van der Waals surface area contributed by atoms with E-state index in [9.17, 15) is 13.2 Å². The van der Waals surface area contributed by atoms with Gasteiger partial charge < -0.3 is 15.0 Å². The number of benzene rings is 2. The van der Waals surface area contributed by atoms with Crippen LogP contribution in [0, 0.1) is 5.92 Å². The number of ether oxygens (including phenoxy) is 1. The van der Waals surface area contributed by atoms with Gasteiger partial charge in [-0.15, -0.1) is 0 Å². The monoisotopic (exact) mass is 615 g/mol. The van der Waals surface area contributed by atoms with E-state index in [0.29, 0.717) is 31.3 Å². The molecule has 2 atom stereocenters. The van der Waals surface area contributed by atoms with Gasteiger partial charge in [-0.3, -0.25) is 4.79 Å². The Morgan fingerprint density at radius 1 is 1.05 bits per heavy atom. The average molecular weight is 617 g/mol. The van der Waals surface area contributed by atoms with Gasteiger partial charge in [0.2, 0.25) is 15.9 Å². The summed E-state index contributed by atoms with van der Waals surface area (Å²) in [6.07, 6.45) is 4.79. The normalized spacial score (nSPS) is 23.5. The Bertz CT molecular complexity index is 1210. The number of piperidine rings is 1. The number of carbonyl (C=O) groups excluding carboxylic acids is 1. The topological polar surface area (TPSA) is 79.0 Å². The third-order valence-electron chi connectivity index (χ3n) is 7.63. The second kappa shape index (κ2) is 13.5. The molecule has 2 fully saturated rings. The summed E-state index contributed by atoms with van der Waals surface area (Å²) in [5, 5.41) is 3.33. The van der Waals surface area contributed by atoms with Gasteiger partial charge in [0.05, 0.1) is 16.1 Å². The van der Waals surface area contributed by atoms with Crippen LogP contribution in [0.2, 0.25) is 15.1 Å². The maximum atomic E-state index is 13.3. The molecule has 0 spiro atoms. The number of nitrogens with zero attached hydrogens (tertiary/aromatic N) is 2. The fraction of sp³-hybridized carbons (Fsp3) is 0.536. The molecule has 4 rings (SSSR count). The first kappa shape index (κ1) is 30.6. The van der Waals surface area contributed by atoms with E-state index in [2.05, 4.69) is 48.6 Å². The van der Waals surface area contributed by atoms with Gasteiger partial charge in [-0.05, 0) is 76.2 Å². The van der Waals surface area contributed by atoms with Crippen LogP contribution in [0.25, 0.3) is 0 Å². The molecule has 39 heavy (non-hydrogen) atoms. The summed E-state index contributed by atoms with van der Waals surface area (Å²) >= 11 is 18.3. The fourth-order valence-electron chi connectivity index (χ4n) is 5.85. The first-order valence-corrected chi connectivity index (χ1v) is 15.9. The van der Waals surface area contributed by atoms with E-state index in [1.165, 1.54) is 22.0 Å². The van der Waals surface area contributed by atoms with Crippen LogP contribution in [0.4, 0.5) is 0 Å². The molecule has 0 aromatic heterocycles. The maximum Gasteiger partial charge on any atom is 0.246 e. The quantitative estimate of drug-likeness (QED) is 0.386. The molecular formula is C28H36Cl3N3O4S. The highest BCUT2D eigenvalue weighted by Gasteiger charge is 2.35. The second-order valence-electron chi connectivity index (χ2n) is 10.6. The molecule has 2 aromatic carbocycles. The minimum absolute atomic E-state index is 0.0229. The third-order valence-corrected chi connectivity index (χ3v) is 10.6. The Morgan fingerprint density at radius 3 is 2.31 bits per heavy atom. The molecule has 0 radical (unpaired) electrons. The van der Waals surface area contributed by atoms with Crippen molar-refractivity contribution in [1.82, 2.24) is 14.5 Å². The zero-order chi connectivity index (χ0) is 28.2. The molecule has 1 N–H and O–H groups in total. The van der Waals surface area contributed by atoms with E-state index < -0.39 is 16.1 Å². The van der Waals surface area contributed by atoms with E-state index in [1.807, 2.05) is 6.07 Å². The van der Waals surface area contributed by atoms with Crippen LogP contribution < -0.4 is 5.32 Å². The van der Waals surface area contributed by atoms with E-state index in [-0.39, 0.29) is 45.1 Å². The van der Waals surface area contributed by atoms with Gasteiger partial charge in [-0.2, -0.15) is 4.31 Å². The predicted octanol–water partition coefficient (Wildman–Crippen LogP) is 5.79. The Kier molecular flexibility index (Phi) is 10.6. The van der Waals surface area contributed by atoms with Gasteiger partial charge in [0.1, 0.15) is 11.5 Å². The Labute approximate surface area is 246 Å². The lowest BCUT2D eigenvalue weighted by molar-refractivity contribution is -0.129. The van der Waals surface area contributed by atoms with Crippen molar-refractivity contribution < 1.29 is 17.9 Å². The van der Waals surface area contributed by atoms with E-state index >= 15 is 0 Å². The lowest BCUT2D eigenvalue weighted by Gasteiger charge is -2.38. The summed E-state index contributed by atoms with van der Waals surface area (Å²) in [7, 11) is 0.302. The third kappa shape index (κ3) is 7.67. The summed E-state index contributed by atoms with van der Waals surface area (Å²) in [6.45, 7) is 0.344. The largest absolute Gasteiger partial charge is 0.367 e. The molecule has 2 unspecified atom stereocenters. The highest BCUT2D eigenvalue weighted by molar-refractivity contribution is 7.89. The van der Waals surface area contributed by atoms with Gasteiger partial charge in [-0.1, -0.05) is 65.1 Å². The molecule has 7 nitrogen and oxygen atoms in total. The minimum Gasteiger partial charge on any atom is -0.367 e. The second-order valence-corrected chi connectivity index (χ2v) is 13.8. The SMILES string of the molecule is CN(C)C(c1ccccc1)C1CCC(NC(=O)COC2CCCN(S(=O)(=O)c3c(Cl)cc(Cl)cc3Cl)C2)CC1. The van der Waals surface area contributed by atoms with E-state index in [4.69, 9.17) is 39.5 Å². The van der Waals surface area contributed by atoms with Crippen LogP contribution in [0.5, 0.6) is 0 Å². The van der Waals surface area contributed by atoms with E-state index in [0.717, 1.165) is 25.7 Å². The van der Waals surface area contributed by atoms with Gasteiger partial charge in [0, 0.05) is 30.2 Å². The van der Waals surface area contributed by atoms with Crippen LogP contribution >= 0.6 is 34.8 Å². The lowest BCUT2D eigenvalue weighted by Crippen LogP contribution is -2.45. The number of hydrogen-bond donors (Lipinski definition) is 1. The van der Waals surface area contributed by atoms with Crippen LogP contribution in [0.3, 0.4) is 0 Å². The van der Waals surface area contributed by atoms with Crippen molar-refractivity contribution in [3.8, 4) is 0 Å². The molecule has 1 aliphatic carbocycles. The molecule has 1 aliphatic heterocycles. The molecule has 2 aliphatic rings. The number of amides is 1. The van der Waals surface area contributed by atoms with Crippen LogP contribution in [-0.4, -0.2) is 69.5 Å². The van der Waals surface area contributed by atoms with Gasteiger partial charge >= 0.3 is 0 Å². The molecule has 2 aromatic rings. The molecule has 1 saturated carbocycles. The van der Waals surface area contributed by atoms with Gasteiger partial charge in [0.25, 0.3) is 0 Å². The highest BCUT2D eigenvalue weighted by Crippen LogP contribution is 2.38. The zero-order valence-electron chi connectivity index (χ0n) is 22.3. The van der Waals surface area contributed by atoms with Crippen molar-refractivity contribution in [2.24, 2.45) is 5.92 Å². The molecule has 1 heterocycles. The summed E-state index contributed by atoms with van der Waals surface area (Å²) < 4.78 is 33.7. The molecule has 11 heteroatoms. The minimum atomic E-state index is -3.95. The van der Waals surface area contributed by atoms with Crippen molar-refractivity contribution in [2.75, 3.05) is 33.8 Å². The number of halogens is 3. The average Bonchev–Trinajstić information content (AvgIpc) is 2.88. The first-order valence-electron chi connectivity index (χ1n) is 13.3. The highest BCUT2D eigenvalue weighted by atomic mass is 35.5. The molecule has 1 amide bonds. The van der Waals surface area contributed by atoms with Gasteiger partial charge in [0.15, 0.2) is 0 Å². The summed E-state index contributed by atoms with van der Waals surface area (Å²) in [4.78, 5) is 14.8. The molecule has 214 valence electrons. The van der Waals surface area contributed by atoms with E-state index in [1.54, 1.807) is 0 Å². The maximum absolute atomic E-state index is 13.3. The Balaban J connectivity index is 1.26. The molecular weight excluding hydrogens is 581 g/mol. The first-order chi connectivity index (χ1) is 18.6. The summed E-state index contributed by atoms with van der Waals surface area (Å²) in [6, 6.07) is 13.8. The van der Waals surface area contributed by atoms with Crippen molar-refractivity contribution in [3.63, 3.8) is 0 Å². The molecule has 0 bridgehead atoms. The fourth-order valence-corrected chi connectivity index (χ4v) is 8.85. The van der Waals surface area contributed by atoms with Crippen molar-refractivity contribution in [2.45, 2.75) is 61.6 Å². The van der Waals surface area contributed by atoms with Crippen molar-refractivity contribution in [3.05, 3.63) is 63.1 Å². The molecule has 1 saturated heterocycles. The zero-order valence-corrected chi connectivity index (χ0v) is 25.4. The Morgan fingerprint density at radius 2 is 1.69 bits per heavy atom. The number of sulfonamides is 1. The number of carbonyl (C=O) groups is 1. The number of nitrogens with one attached hydrogen (secondary N) is 1. The summed E-state index contributed by atoms with van der Waals surface area (Å²) in [5.41, 5.74) is 1.33. The van der Waals surface area contributed by atoms with Crippen LogP contribution in [-0.2, 0) is 19.6 Å². The number of rotatable bonds is 9. The smallest absolute Gasteiger partial charge is 0.246 e. The lowest BCUT2D eigenvalue weighted by atomic mass is 9.78. The Hall–Kier alpha value is -1.39. The van der Waals surface area contributed by atoms with Crippen molar-refractivity contribution in [1.29, 1.82) is 0 Å². The van der Waals surface area contributed by atoms with Crippen molar-refractivity contribution >= 4 is 50.7 Å². The summed E-state index contributed by atoms with van der Waals surface area (Å²) in [5.74, 6) is 0.360.